The molecule has 0 saturated carbocycles. The van der Waals surface area contributed by atoms with Gasteiger partial charge in [0.1, 0.15) is 5.75 Å². The largest absolute Gasteiger partial charge is 0.497 e. The Morgan fingerprint density at radius 1 is 1.11 bits per heavy atom. The van der Waals surface area contributed by atoms with E-state index in [2.05, 4.69) is 15.5 Å². The number of carbonyl (C=O) groups is 1. The van der Waals surface area contributed by atoms with Gasteiger partial charge in [0.25, 0.3) is 5.91 Å². The molecule has 4 aromatic rings. The number of methoxy groups -OCH3 is 2. The molecule has 0 aliphatic carbocycles. The number of aromatic nitrogens is 2. The number of nitrogens with zero attached hydrogens (tertiary/aromatic N) is 2. The monoisotopic (exact) mass is 379 g/mol. The van der Waals surface area contributed by atoms with E-state index in [0.717, 1.165) is 10.9 Å². The van der Waals surface area contributed by atoms with E-state index in [-0.39, 0.29) is 24.1 Å². The van der Waals surface area contributed by atoms with E-state index in [1.165, 1.54) is 0 Å². The molecule has 2 aromatic heterocycles. The van der Waals surface area contributed by atoms with E-state index in [1.54, 1.807) is 32.4 Å². The Balaban J connectivity index is 1.46. The SMILES string of the molecule is COc1cccc(-c2noc(CNC(=O)c3cc4cccc(OC)c4o3)n2)c1. The van der Waals surface area contributed by atoms with Gasteiger partial charge in [0, 0.05) is 10.9 Å². The third-order valence-electron chi connectivity index (χ3n) is 4.15. The molecule has 0 atom stereocenters. The minimum atomic E-state index is -0.389. The Morgan fingerprint density at radius 2 is 1.96 bits per heavy atom. The molecule has 4 rings (SSSR count). The molecule has 0 aliphatic heterocycles. The zero-order valence-electron chi connectivity index (χ0n) is 15.3. The molecule has 2 aromatic carbocycles. The van der Waals surface area contributed by atoms with Crippen LogP contribution in [-0.4, -0.2) is 30.3 Å². The number of amides is 1. The van der Waals surface area contributed by atoms with Crippen LogP contribution < -0.4 is 14.8 Å². The Labute approximate surface area is 160 Å². The van der Waals surface area contributed by atoms with Gasteiger partial charge in [-0.2, -0.15) is 4.98 Å². The lowest BCUT2D eigenvalue weighted by atomic mass is 10.2. The van der Waals surface area contributed by atoms with Gasteiger partial charge in [0.05, 0.1) is 20.8 Å². The number of nitrogens with one attached hydrogen (secondary N) is 1. The fraction of sp³-hybridized carbons (Fsp3) is 0.150. The molecule has 2 heterocycles. The van der Waals surface area contributed by atoms with Crippen LogP contribution in [0.3, 0.4) is 0 Å². The topological polar surface area (TPSA) is 99.6 Å². The molecule has 0 bridgehead atoms. The molecule has 142 valence electrons. The number of rotatable bonds is 6. The van der Waals surface area contributed by atoms with Crippen molar-refractivity contribution in [3.63, 3.8) is 0 Å². The summed E-state index contributed by atoms with van der Waals surface area (Å²) in [6.07, 6.45) is 0. The molecule has 0 radical (unpaired) electrons. The van der Waals surface area contributed by atoms with E-state index < -0.39 is 0 Å². The average Bonchev–Trinajstić information content (AvgIpc) is 3.39. The highest BCUT2D eigenvalue weighted by atomic mass is 16.5. The molecule has 8 heteroatoms. The highest BCUT2D eigenvalue weighted by molar-refractivity contribution is 5.97. The normalized spacial score (nSPS) is 10.8. The van der Waals surface area contributed by atoms with Crippen molar-refractivity contribution in [3.8, 4) is 22.9 Å². The van der Waals surface area contributed by atoms with Crippen molar-refractivity contribution >= 4 is 16.9 Å². The van der Waals surface area contributed by atoms with Crippen molar-refractivity contribution < 1.29 is 23.2 Å². The van der Waals surface area contributed by atoms with Gasteiger partial charge in [-0.25, -0.2) is 0 Å². The highest BCUT2D eigenvalue weighted by Gasteiger charge is 2.16. The van der Waals surface area contributed by atoms with Gasteiger partial charge in [0.15, 0.2) is 17.1 Å². The van der Waals surface area contributed by atoms with Crippen LogP contribution in [0.15, 0.2) is 57.5 Å². The predicted octanol–water partition coefficient (Wildman–Crippen LogP) is 3.43. The fourth-order valence-electron chi connectivity index (χ4n) is 2.76. The van der Waals surface area contributed by atoms with E-state index in [4.69, 9.17) is 18.4 Å². The first-order chi connectivity index (χ1) is 13.7. The summed E-state index contributed by atoms with van der Waals surface area (Å²) in [6.45, 7) is 0.0734. The number of carbonyl (C=O) groups excluding carboxylic acids is 1. The molecule has 0 spiro atoms. The standard InChI is InChI=1S/C20H17N3O5/c1-25-14-7-3-6-13(9-14)19-22-17(28-23-19)11-21-20(24)16-10-12-5-4-8-15(26-2)18(12)27-16/h3-10H,11H2,1-2H3,(H,21,24). The molecule has 1 N–H and O–H groups in total. The molecular formula is C20H17N3O5. The molecule has 0 unspecified atom stereocenters. The molecule has 1 amide bonds. The van der Waals surface area contributed by atoms with E-state index in [1.807, 2.05) is 30.3 Å². The summed E-state index contributed by atoms with van der Waals surface area (Å²) in [7, 11) is 3.14. The lowest BCUT2D eigenvalue weighted by Gasteiger charge is -2.00. The first kappa shape index (κ1) is 17.6. The van der Waals surface area contributed by atoms with Gasteiger partial charge in [-0.15, -0.1) is 0 Å². The summed E-state index contributed by atoms with van der Waals surface area (Å²) in [5.74, 6) is 1.73. The number of para-hydroxylation sites is 1. The zero-order chi connectivity index (χ0) is 19.5. The Kier molecular flexibility index (Phi) is 4.67. The predicted molar refractivity (Wildman–Crippen MR) is 100 cm³/mol. The van der Waals surface area contributed by atoms with Gasteiger partial charge in [-0.3, -0.25) is 4.79 Å². The van der Waals surface area contributed by atoms with E-state index >= 15 is 0 Å². The molecule has 0 fully saturated rings. The summed E-state index contributed by atoms with van der Waals surface area (Å²) in [6, 6.07) is 14.4. The molecule has 28 heavy (non-hydrogen) atoms. The van der Waals surface area contributed by atoms with Crippen LogP contribution >= 0.6 is 0 Å². The van der Waals surface area contributed by atoms with Crippen LogP contribution in [0.2, 0.25) is 0 Å². The van der Waals surface area contributed by atoms with Crippen molar-refractivity contribution in [1.82, 2.24) is 15.5 Å². The number of fused-ring (bicyclic) bond motifs is 1. The van der Waals surface area contributed by atoms with Crippen molar-refractivity contribution in [2.75, 3.05) is 14.2 Å². The van der Waals surface area contributed by atoms with Crippen molar-refractivity contribution in [3.05, 3.63) is 60.2 Å². The second-order valence-electron chi connectivity index (χ2n) is 5.92. The maximum absolute atomic E-state index is 12.4. The minimum absolute atomic E-state index is 0.0734. The Hall–Kier alpha value is -3.81. The van der Waals surface area contributed by atoms with Crippen molar-refractivity contribution in [1.29, 1.82) is 0 Å². The zero-order valence-corrected chi connectivity index (χ0v) is 15.3. The van der Waals surface area contributed by atoms with Gasteiger partial charge < -0.3 is 23.7 Å². The second-order valence-corrected chi connectivity index (χ2v) is 5.92. The Morgan fingerprint density at radius 3 is 2.79 bits per heavy atom. The van der Waals surface area contributed by atoms with Crippen molar-refractivity contribution in [2.24, 2.45) is 0 Å². The van der Waals surface area contributed by atoms with Gasteiger partial charge in [-0.1, -0.05) is 29.4 Å². The molecule has 0 aliphatic rings. The minimum Gasteiger partial charge on any atom is -0.497 e. The smallest absolute Gasteiger partial charge is 0.287 e. The van der Waals surface area contributed by atoms with Gasteiger partial charge in [-0.05, 0) is 24.3 Å². The van der Waals surface area contributed by atoms with Crippen LogP contribution in [0.4, 0.5) is 0 Å². The summed E-state index contributed by atoms with van der Waals surface area (Å²) in [5.41, 5.74) is 1.28. The fourth-order valence-corrected chi connectivity index (χ4v) is 2.76. The van der Waals surface area contributed by atoms with Crippen molar-refractivity contribution in [2.45, 2.75) is 6.54 Å². The number of hydrogen-bond acceptors (Lipinski definition) is 7. The highest BCUT2D eigenvalue weighted by Crippen LogP contribution is 2.28. The van der Waals surface area contributed by atoms with Gasteiger partial charge in [0.2, 0.25) is 11.7 Å². The number of furan rings is 1. The Bertz CT molecular complexity index is 1130. The summed E-state index contributed by atoms with van der Waals surface area (Å²) >= 11 is 0. The lowest BCUT2D eigenvalue weighted by Crippen LogP contribution is -2.22. The van der Waals surface area contributed by atoms with Gasteiger partial charge >= 0.3 is 0 Å². The maximum Gasteiger partial charge on any atom is 0.287 e. The first-order valence-electron chi connectivity index (χ1n) is 8.49. The quantitative estimate of drug-likeness (QED) is 0.548. The third-order valence-corrected chi connectivity index (χ3v) is 4.15. The summed E-state index contributed by atoms with van der Waals surface area (Å²) < 4.78 is 21.3. The van der Waals surface area contributed by atoms with Crippen LogP contribution in [-0.2, 0) is 6.54 Å². The van der Waals surface area contributed by atoms with Crippen LogP contribution in [0.1, 0.15) is 16.4 Å². The van der Waals surface area contributed by atoms with Crippen LogP contribution in [0.5, 0.6) is 11.5 Å². The van der Waals surface area contributed by atoms with Crippen LogP contribution in [0, 0.1) is 0 Å². The first-order valence-corrected chi connectivity index (χ1v) is 8.49. The summed E-state index contributed by atoms with van der Waals surface area (Å²) in [5, 5.41) is 7.42. The maximum atomic E-state index is 12.4. The number of hydrogen-bond donors (Lipinski definition) is 1. The lowest BCUT2D eigenvalue weighted by molar-refractivity contribution is 0.0920. The second kappa shape index (κ2) is 7.43. The number of benzene rings is 2. The third kappa shape index (κ3) is 3.39. The van der Waals surface area contributed by atoms with E-state index in [0.29, 0.717) is 22.9 Å². The summed E-state index contributed by atoms with van der Waals surface area (Å²) in [4.78, 5) is 16.7. The average molecular weight is 379 g/mol. The molecular weight excluding hydrogens is 362 g/mol. The molecule has 0 saturated heterocycles. The number of ether oxygens (including phenoxy) is 2. The van der Waals surface area contributed by atoms with Crippen LogP contribution in [0.25, 0.3) is 22.4 Å². The molecule has 8 nitrogen and oxygen atoms in total. The van der Waals surface area contributed by atoms with E-state index in [9.17, 15) is 4.79 Å².